The average Bonchev–Trinajstić information content (AvgIpc) is 2.72. The third kappa shape index (κ3) is 1.76. The number of halogens is 2. The highest BCUT2D eigenvalue weighted by Crippen LogP contribution is 2.40. The Morgan fingerprint density at radius 3 is 2.33 bits per heavy atom. The minimum atomic E-state index is -0.788. The van der Waals surface area contributed by atoms with Gasteiger partial charge in [-0.3, -0.25) is 0 Å². The van der Waals surface area contributed by atoms with Crippen LogP contribution in [0, 0.1) is 11.6 Å². The van der Waals surface area contributed by atoms with Crippen LogP contribution in [-0.2, 0) is 5.41 Å². The molecule has 0 saturated heterocycles. The van der Waals surface area contributed by atoms with Gasteiger partial charge in [0, 0.05) is 12.0 Å². The predicted molar refractivity (Wildman–Crippen MR) is 55.6 cm³/mol. The molecule has 3 heteroatoms. The van der Waals surface area contributed by atoms with Gasteiger partial charge in [0.05, 0.1) is 0 Å². The van der Waals surface area contributed by atoms with Crippen molar-refractivity contribution in [2.75, 3.05) is 6.54 Å². The van der Waals surface area contributed by atoms with E-state index in [4.69, 9.17) is 5.73 Å². The zero-order valence-electron chi connectivity index (χ0n) is 8.60. The number of benzene rings is 1. The van der Waals surface area contributed by atoms with Crippen LogP contribution in [0.4, 0.5) is 8.78 Å². The molecule has 0 spiro atoms. The first-order chi connectivity index (χ1) is 7.18. The molecule has 1 aromatic carbocycles. The van der Waals surface area contributed by atoms with Crippen LogP contribution >= 0.6 is 0 Å². The number of nitrogens with two attached hydrogens (primary N) is 1. The SMILES string of the molecule is NCC1(c2ccc(F)c(F)c2)CCCC1. The maximum absolute atomic E-state index is 13.1. The standard InChI is InChI=1S/C12H15F2N/c13-10-4-3-9(7-11(10)14)12(8-15)5-1-2-6-12/h3-4,7H,1-2,5-6,8,15H2. The third-order valence-electron chi connectivity index (χ3n) is 3.48. The summed E-state index contributed by atoms with van der Waals surface area (Å²) in [5.41, 5.74) is 6.50. The minimum absolute atomic E-state index is 0.117. The molecular formula is C12H15F2N. The van der Waals surface area contributed by atoms with Gasteiger partial charge in [0.25, 0.3) is 0 Å². The van der Waals surface area contributed by atoms with Crippen molar-refractivity contribution in [1.29, 1.82) is 0 Å². The number of rotatable bonds is 2. The summed E-state index contributed by atoms with van der Waals surface area (Å²) >= 11 is 0. The molecule has 82 valence electrons. The van der Waals surface area contributed by atoms with Gasteiger partial charge >= 0.3 is 0 Å². The summed E-state index contributed by atoms with van der Waals surface area (Å²) in [6.45, 7) is 0.512. The highest BCUT2D eigenvalue weighted by molar-refractivity contribution is 5.28. The van der Waals surface area contributed by atoms with Crippen LogP contribution in [0.15, 0.2) is 18.2 Å². The monoisotopic (exact) mass is 211 g/mol. The van der Waals surface area contributed by atoms with Crippen LogP contribution in [0.1, 0.15) is 31.2 Å². The second-order valence-corrected chi connectivity index (χ2v) is 4.32. The van der Waals surface area contributed by atoms with Crippen LogP contribution in [0.25, 0.3) is 0 Å². The van der Waals surface area contributed by atoms with Gasteiger partial charge in [-0.1, -0.05) is 18.9 Å². The molecule has 15 heavy (non-hydrogen) atoms. The van der Waals surface area contributed by atoms with Gasteiger partial charge in [0.15, 0.2) is 11.6 Å². The lowest BCUT2D eigenvalue weighted by Crippen LogP contribution is -2.32. The molecule has 0 unspecified atom stereocenters. The van der Waals surface area contributed by atoms with Crippen molar-refractivity contribution in [2.24, 2.45) is 5.73 Å². The molecule has 0 bridgehead atoms. The Balaban J connectivity index is 2.38. The van der Waals surface area contributed by atoms with Gasteiger partial charge in [-0.15, -0.1) is 0 Å². The van der Waals surface area contributed by atoms with Crippen molar-refractivity contribution in [3.8, 4) is 0 Å². The summed E-state index contributed by atoms with van der Waals surface area (Å²) in [7, 11) is 0. The molecule has 0 atom stereocenters. The van der Waals surface area contributed by atoms with Gasteiger partial charge in [-0.25, -0.2) is 8.78 Å². The molecule has 2 rings (SSSR count). The first-order valence-corrected chi connectivity index (χ1v) is 5.33. The van der Waals surface area contributed by atoms with Gasteiger partial charge in [0.2, 0.25) is 0 Å². The van der Waals surface area contributed by atoms with Crippen LogP contribution in [0.3, 0.4) is 0 Å². The molecule has 0 aromatic heterocycles. The number of hydrogen-bond acceptors (Lipinski definition) is 1. The Morgan fingerprint density at radius 2 is 1.80 bits per heavy atom. The molecular weight excluding hydrogens is 196 g/mol. The van der Waals surface area contributed by atoms with Gasteiger partial charge < -0.3 is 5.73 Å². The molecule has 0 radical (unpaired) electrons. The number of hydrogen-bond donors (Lipinski definition) is 1. The van der Waals surface area contributed by atoms with E-state index in [9.17, 15) is 8.78 Å². The highest BCUT2D eigenvalue weighted by Gasteiger charge is 2.34. The van der Waals surface area contributed by atoms with E-state index >= 15 is 0 Å². The van der Waals surface area contributed by atoms with Gasteiger partial charge in [-0.05, 0) is 30.5 Å². The Morgan fingerprint density at radius 1 is 1.13 bits per heavy atom. The van der Waals surface area contributed by atoms with Gasteiger partial charge in [0.1, 0.15) is 0 Å². The molecule has 1 nitrogen and oxygen atoms in total. The molecule has 1 aliphatic rings. The molecule has 1 aromatic rings. The van der Waals surface area contributed by atoms with Crippen LogP contribution in [0.2, 0.25) is 0 Å². The van der Waals surface area contributed by atoms with Crippen LogP contribution in [-0.4, -0.2) is 6.54 Å². The van der Waals surface area contributed by atoms with E-state index in [0.29, 0.717) is 6.54 Å². The zero-order valence-corrected chi connectivity index (χ0v) is 8.60. The summed E-state index contributed by atoms with van der Waals surface area (Å²) in [4.78, 5) is 0. The lowest BCUT2D eigenvalue weighted by molar-refractivity contribution is 0.442. The molecule has 0 aliphatic heterocycles. The molecule has 0 heterocycles. The van der Waals surface area contributed by atoms with Crippen LogP contribution < -0.4 is 5.73 Å². The van der Waals surface area contributed by atoms with Crippen molar-refractivity contribution in [1.82, 2.24) is 0 Å². The Kier molecular flexibility index (Phi) is 2.74. The fraction of sp³-hybridized carbons (Fsp3) is 0.500. The van der Waals surface area contributed by atoms with Crippen molar-refractivity contribution in [2.45, 2.75) is 31.1 Å². The molecule has 2 N–H and O–H groups in total. The second kappa shape index (κ2) is 3.89. The van der Waals surface area contributed by atoms with Crippen molar-refractivity contribution < 1.29 is 8.78 Å². The maximum Gasteiger partial charge on any atom is 0.159 e. The van der Waals surface area contributed by atoms with Crippen molar-refractivity contribution in [3.63, 3.8) is 0 Å². The van der Waals surface area contributed by atoms with E-state index in [2.05, 4.69) is 0 Å². The zero-order chi connectivity index (χ0) is 10.9. The predicted octanol–water partition coefficient (Wildman–Crippen LogP) is 2.74. The molecule has 1 saturated carbocycles. The average molecular weight is 211 g/mol. The smallest absolute Gasteiger partial charge is 0.159 e. The fourth-order valence-corrected chi connectivity index (χ4v) is 2.49. The Labute approximate surface area is 88.3 Å². The Hall–Kier alpha value is -0.960. The van der Waals surface area contributed by atoms with E-state index in [1.54, 1.807) is 6.07 Å². The normalized spacial score (nSPS) is 19.4. The van der Waals surface area contributed by atoms with E-state index in [1.165, 1.54) is 12.1 Å². The summed E-state index contributed by atoms with van der Waals surface area (Å²) in [6.07, 6.45) is 4.20. The first-order valence-electron chi connectivity index (χ1n) is 5.33. The highest BCUT2D eigenvalue weighted by atomic mass is 19.2. The van der Waals surface area contributed by atoms with Crippen molar-refractivity contribution >= 4 is 0 Å². The minimum Gasteiger partial charge on any atom is -0.330 e. The second-order valence-electron chi connectivity index (χ2n) is 4.32. The van der Waals surface area contributed by atoms with E-state index in [1.807, 2.05) is 0 Å². The van der Waals surface area contributed by atoms with Gasteiger partial charge in [-0.2, -0.15) is 0 Å². The molecule has 1 fully saturated rings. The van der Waals surface area contributed by atoms with E-state index in [0.717, 1.165) is 31.2 Å². The fourth-order valence-electron chi connectivity index (χ4n) is 2.49. The lowest BCUT2D eigenvalue weighted by Gasteiger charge is -2.27. The summed E-state index contributed by atoms with van der Waals surface area (Å²) in [6, 6.07) is 4.16. The first kappa shape index (κ1) is 10.6. The summed E-state index contributed by atoms with van der Waals surface area (Å²) in [5, 5.41) is 0. The van der Waals surface area contributed by atoms with Crippen LogP contribution in [0.5, 0.6) is 0 Å². The topological polar surface area (TPSA) is 26.0 Å². The van der Waals surface area contributed by atoms with E-state index < -0.39 is 11.6 Å². The third-order valence-corrected chi connectivity index (χ3v) is 3.48. The Bertz CT molecular complexity index is 357. The quantitative estimate of drug-likeness (QED) is 0.799. The maximum atomic E-state index is 13.1. The molecule has 0 amide bonds. The molecule has 1 aliphatic carbocycles. The largest absolute Gasteiger partial charge is 0.330 e. The van der Waals surface area contributed by atoms with E-state index in [-0.39, 0.29) is 5.41 Å². The summed E-state index contributed by atoms with van der Waals surface area (Å²) in [5.74, 6) is -1.56. The van der Waals surface area contributed by atoms with Crippen molar-refractivity contribution in [3.05, 3.63) is 35.4 Å². The lowest BCUT2D eigenvalue weighted by atomic mass is 9.79. The summed E-state index contributed by atoms with van der Waals surface area (Å²) < 4.78 is 25.9.